The molecule has 0 bridgehead atoms. The monoisotopic (exact) mass is 512 g/mol. The Morgan fingerprint density at radius 3 is 2.18 bits per heavy atom. The number of aliphatic hydroxyl groups excluding tert-OH is 2. The van der Waals surface area contributed by atoms with Gasteiger partial charge in [-0.15, -0.1) is 24.8 Å². The largest absolute Gasteiger partial charge is 0.472 e. The average molecular weight is 513 g/mol. The van der Waals surface area contributed by atoms with E-state index >= 15 is 0 Å². The highest BCUT2D eigenvalue weighted by molar-refractivity contribution is 6.21. The highest BCUT2D eigenvalue weighted by atomic mass is 35.5. The molecule has 2 N–H and O–H groups in total. The van der Waals surface area contributed by atoms with Crippen LogP contribution >= 0.6 is 24.8 Å². The Morgan fingerprint density at radius 2 is 1.65 bits per heavy atom. The van der Waals surface area contributed by atoms with Crippen LogP contribution in [0.3, 0.4) is 0 Å². The number of hydrogen-bond acceptors (Lipinski definition) is 7. The molecule has 2 unspecified atom stereocenters. The van der Waals surface area contributed by atoms with Crippen molar-refractivity contribution in [3.05, 3.63) is 65.7 Å². The van der Waals surface area contributed by atoms with Crippen LogP contribution in [0.5, 0.6) is 5.75 Å². The van der Waals surface area contributed by atoms with Crippen molar-refractivity contribution in [3.8, 4) is 5.75 Å². The molecule has 1 fully saturated rings. The number of benzene rings is 2. The fraction of sp³-hybridized carbons (Fsp3) is 0.400. The van der Waals surface area contributed by atoms with E-state index in [-0.39, 0.29) is 31.4 Å². The molecule has 7 nitrogen and oxygen atoms in total. The van der Waals surface area contributed by atoms with Crippen LogP contribution in [-0.4, -0.2) is 84.8 Å². The molecule has 0 saturated carbocycles. The molecule has 2 atom stereocenters. The summed E-state index contributed by atoms with van der Waals surface area (Å²) in [5.74, 6) is 0.246. The van der Waals surface area contributed by atoms with Crippen molar-refractivity contribution >= 4 is 42.4 Å². The maximum absolute atomic E-state index is 12.3. The number of esters is 1. The van der Waals surface area contributed by atoms with Crippen molar-refractivity contribution in [1.82, 2.24) is 9.80 Å². The van der Waals surface area contributed by atoms with Crippen LogP contribution in [0.4, 0.5) is 0 Å². The Balaban J connectivity index is 0.00000289. The fourth-order valence-corrected chi connectivity index (χ4v) is 3.80. The van der Waals surface area contributed by atoms with E-state index in [9.17, 15) is 9.90 Å². The highest BCUT2D eigenvalue weighted by Gasteiger charge is 2.28. The zero-order valence-corrected chi connectivity index (χ0v) is 21.1. The molecule has 1 aliphatic heterocycles. The number of hydrogen-bond donors (Lipinski definition) is 2. The number of carbonyl (C=O) groups is 1. The molecular formula is C25H34Cl2N2O5. The average Bonchev–Trinajstić information content (AvgIpc) is 2.82. The lowest BCUT2D eigenvalue weighted by Crippen LogP contribution is -2.55. The van der Waals surface area contributed by atoms with E-state index in [1.807, 2.05) is 54.6 Å². The van der Waals surface area contributed by atoms with E-state index in [2.05, 4.69) is 9.80 Å². The number of β-amino-alcohol motifs (C(OH)–C–C–N with tert-alkyl or cyclic N) is 1. The third-order valence-corrected chi connectivity index (χ3v) is 5.53. The van der Waals surface area contributed by atoms with Crippen LogP contribution in [0.2, 0.25) is 0 Å². The Kier molecular flexibility index (Phi) is 13.2. The van der Waals surface area contributed by atoms with Crippen LogP contribution in [0.25, 0.3) is 11.6 Å². The Labute approximate surface area is 213 Å². The van der Waals surface area contributed by atoms with E-state index in [0.717, 1.165) is 37.3 Å². The summed E-state index contributed by atoms with van der Waals surface area (Å²) >= 11 is 0. The zero-order valence-electron chi connectivity index (χ0n) is 19.5. The quantitative estimate of drug-likeness (QED) is 0.303. The van der Waals surface area contributed by atoms with Crippen LogP contribution in [0.15, 0.2) is 54.6 Å². The molecule has 34 heavy (non-hydrogen) atoms. The van der Waals surface area contributed by atoms with Crippen LogP contribution < -0.4 is 4.74 Å². The van der Waals surface area contributed by atoms with Gasteiger partial charge in [-0.2, -0.15) is 0 Å². The minimum absolute atomic E-state index is 0. The number of ether oxygens (including phenoxy) is 2. The Bertz CT molecular complexity index is 886. The lowest BCUT2D eigenvalue weighted by molar-refractivity contribution is -0.133. The predicted molar refractivity (Wildman–Crippen MR) is 138 cm³/mol. The maximum Gasteiger partial charge on any atom is 0.338 e. The molecule has 1 aliphatic rings. The van der Waals surface area contributed by atoms with Crippen molar-refractivity contribution in [3.63, 3.8) is 0 Å². The van der Waals surface area contributed by atoms with Gasteiger partial charge in [0.1, 0.15) is 11.9 Å². The zero-order chi connectivity index (χ0) is 22.9. The molecule has 9 heteroatoms. The van der Waals surface area contributed by atoms with Gasteiger partial charge in [-0.3, -0.25) is 9.80 Å². The van der Waals surface area contributed by atoms with Crippen molar-refractivity contribution in [2.45, 2.75) is 19.3 Å². The van der Waals surface area contributed by atoms with Crippen molar-refractivity contribution in [1.29, 1.82) is 0 Å². The van der Waals surface area contributed by atoms with E-state index < -0.39 is 18.3 Å². The molecule has 1 saturated heterocycles. The number of halogens is 2. The lowest BCUT2D eigenvalue weighted by atomic mass is 10.0. The number of methoxy groups -OCH3 is 1. The highest BCUT2D eigenvalue weighted by Crippen LogP contribution is 2.23. The van der Waals surface area contributed by atoms with E-state index in [1.165, 1.54) is 7.11 Å². The first-order valence-electron chi connectivity index (χ1n) is 10.9. The third-order valence-electron chi connectivity index (χ3n) is 5.53. The fourth-order valence-electron chi connectivity index (χ4n) is 3.80. The standard InChI is InChI=1S/C25H32N2O5.2ClH/c1-19(29)24(27-14-12-26(13-15-27)16-17-28)32-22-10-8-20(9-11-22)18-23(25(30)31-2)21-6-4-3-5-7-21;;/h3-11,18-19,24,28-29H,12-17H2,1-2H3;2*1H. The second-order valence-corrected chi connectivity index (χ2v) is 7.83. The predicted octanol–water partition coefficient (Wildman–Crippen LogP) is 2.94. The second-order valence-electron chi connectivity index (χ2n) is 7.83. The second kappa shape index (κ2) is 15.0. The summed E-state index contributed by atoms with van der Waals surface area (Å²) in [7, 11) is 1.37. The molecule has 0 amide bonds. The van der Waals surface area contributed by atoms with Gasteiger partial charge in [0.25, 0.3) is 0 Å². The van der Waals surface area contributed by atoms with Gasteiger partial charge in [-0.1, -0.05) is 42.5 Å². The third kappa shape index (κ3) is 8.27. The first-order valence-corrected chi connectivity index (χ1v) is 10.9. The molecule has 2 aromatic carbocycles. The SMILES string of the molecule is COC(=O)C(=Cc1ccc(OC(C(C)O)N2CCN(CCO)CC2)cc1)c1ccccc1.Cl.Cl. The van der Waals surface area contributed by atoms with Gasteiger partial charge >= 0.3 is 5.97 Å². The number of rotatable bonds is 9. The van der Waals surface area contributed by atoms with E-state index in [1.54, 1.807) is 13.0 Å². The molecule has 2 aromatic rings. The molecule has 0 aliphatic carbocycles. The van der Waals surface area contributed by atoms with Gasteiger partial charge in [0.2, 0.25) is 0 Å². The van der Waals surface area contributed by atoms with Crippen LogP contribution in [0.1, 0.15) is 18.1 Å². The maximum atomic E-state index is 12.3. The number of aliphatic hydroxyl groups is 2. The normalized spacial score (nSPS) is 16.5. The molecule has 0 aromatic heterocycles. The molecule has 0 spiro atoms. The summed E-state index contributed by atoms with van der Waals surface area (Å²) in [4.78, 5) is 16.6. The van der Waals surface area contributed by atoms with Crippen molar-refractivity contribution in [2.75, 3.05) is 46.4 Å². The number of piperazine rings is 1. The van der Waals surface area contributed by atoms with Gasteiger partial charge in [-0.05, 0) is 36.3 Å². The summed E-state index contributed by atoms with van der Waals surface area (Å²) in [6, 6.07) is 16.8. The van der Waals surface area contributed by atoms with Crippen LogP contribution in [-0.2, 0) is 9.53 Å². The number of nitrogens with zero attached hydrogens (tertiary/aromatic N) is 2. The minimum Gasteiger partial charge on any atom is -0.472 e. The smallest absolute Gasteiger partial charge is 0.338 e. The van der Waals surface area contributed by atoms with E-state index in [0.29, 0.717) is 17.9 Å². The lowest BCUT2D eigenvalue weighted by Gasteiger charge is -2.39. The van der Waals surface area contributed by atoms with Crippen LogP contribution in [0, 0.1) is 0 Å². The van der Waals surface area contributed by atoms with Gasteiger partial charge in [0.05, 0.1) is 19.3 Å². The first kappa shape index (κ1) is 29.9. The summed E-state index contributed by atoms with van der Waals surface area (Å²) < 4.78 is 11.1. The minimum atomic E-state index is -0.664. The number of carbonyl (C=O) groups excluding carboxylic acids is 1. The summed E-state index contributed by atoms with van der Waals surface area (Å²) in [5, 5.41) is 19.4. The molecular weight excluding hydrogens is 479 g/mol. The van der Waals surface area contributed by atoms with Gasteiger partial charge in [0.15, 0.2) is 6.23 Å². The molecule has 1 heterocycles. The molecule has 3 rings (SSSR count). The summed E-state index contributed by atoms with van der Waals surface area (Å²) in [5.41, 5.74) is 2.10. The van der Waals surface area contributed by atoms with Gasteiger partial charge in [0, 0.05) is 32.7 Å². The summed E-state index contributed by atoms with van der Waals surface area (Å²) in [6.07, 6.45) is 0.669. The van der Waals surface area contributed by atoms with Gasteiger partial charge < -0.3 is 19.7 Å². The Hall–Kier alpha value is -2.13. The van der Waals surface area contributed by atoms with Gasteiger partial charge in [-0.25, -0.2) is 4.79 Å². The topological polar surface area (TPSA) is 82.5 Å². The Morgan fingerprint density at radius 1 is 1.03 bits per heavy atom. The van der Waals surface area contributed by atoms with Crippen molar-refractivity contribution in [2.24, 2.45) is 0 Å². The first-order chi connectivity index (χ1) is 15.5. The molecule has 188 valence electrons. The van der Waals surface area contributed by atoms with E-state index in [4.69, 9.17) is 14.6 Å². The van der Waals surface area contributed by atoms with Crippen molar-refractivity contribution < 1.29 is 24.5 Å². The molecule has 0 radical (unpaired) electrons. The summed E-state index contributed by atoms with van der Waals surface area (Å²) in [6.45, 7) is 5.72.